The summed E-state index contributed by atoms with van der Waals surface area (Å²) in [5.41, 5.74) is 9.08. The van der Waals surface area contributed by atoms with Gasteiger partial charge in [-0.05, 0) is 68.5 Å². The van der Waals surface area contributed by atoms with Crippen molar-refractivity contribution in [3.8, 4) is 0 Å². The van der Waals surface area contributed by atoms with E-state index < -0.39 is 0 Å². The Morgan fingerprint density at radius 2 is 1.75 bits per heavy atom. The Hall–Kier alpha value is -3.70. The Kier molecular flexibility index (Phi) is 5.94. The van der Waals surface area contributed by atoms with E-state index in [-0.39, 0.29) is 5.56 Å². The number of pyridine rings is 1. The van der Waals surface area contributed by atoms with Gasteiger partial charge in [0.1, 0.15) is 5.65 Å². The molecule has 0 fully saturated rings. The summed E-state index contributed by atoms with van der Waals surface area (Å²) in [5, 5.41) is 1.36. The number of rotatable bonds is 5. The highest BCUT2D eigenvalue weighted by Gasteiger charge is 2.23. The van der Waals surface area contributed by atoms with E-state index in [0.29, 0.717) is 6.42 Å². The molecule has 0 saturated carbocycles. The van der Waals surface area contributed by atoms with Crippen molar-refractivity contribution in [1.29, 1.82) is 0 Å². The summed E-state index contributed by atoms with van der Waals surface area (Å²) in [7, 11) is 0. The minimum atomic E-state index is 0.0659. The molecule has 1 aliphatic rings. The average molecular weight is 477 g/mol. The van der Waals surface area contributed by atoms with Crippen LogP contribution >= 0.6 is 0 Å². The van der Waals surface area contributed by atoms with E-state index in [1.54, 1.807) is 4.40 Å². The zero-order valence-corrected chi connectivity index (χ0v) is 21.1. The fourth-order valence-corrected chi connectivity index (χ4v) is 5.80. The molecule has 0 radical (unpaired) electrons. The van der Waals surface area contributed by atoms with E-state index in [4.69, 9.17) is 4.98 Å². The van der Waals surface area contributed by atoms with Crippen molar-refractivity contribution in [2.24, 2.45) is 0 Å². The quantitative estimate of drug-likeness (QED) is 0.345. The Balaban J connectivity index is 1.30. The largest absolute Gasteiger partial charge is 0.340 e. The molecule has 0 spiro atoms. The van der Waals surface area contributed by atoms with Crippen LogP contribution in [0.4, 0.5) is 0 Å². The van der Waals surface area contributed by atoms with Crippen LogP contribution in [0.5, 0.6) is 0 Å². The second-order valence-corrected chi connectivity index (χ2v) is 10.0. The lowest BCUT2D eigenvalue weighted by molar-refractivity contribution is 0.273. The van der Waals surface area contributed by atoms with E-state index in [1.807, 2.05) is 32.2 Å². The summed E-state index contributed by atoms with van der Waals surface area (Å²) in [6.45, 7) is 7.68. The molecule has 36 heavy (non-hydrogen) atoms. The zero-order valence-electron chi connectivity index (χ0n) is 21.1. The molecule has 5 heteroatoms. The van der Waals surface area contributed by atoms with Crippen LogP contribution in [-0.2, 0) is 25.9 Å². The number of aromatic nitrogens is 3. The molecule has 3 aromatic heterocycles. The molecule has 6 rings (SSSR count). The lowest BCUT2D eigenvalue weighted by Gasteiger charge is -2.20. The topological polar surface area (TPSA) is 42.5 Å². The van der Waals surface area contributed by atoms with Gasteiger partial charge in [0.25, 0.3) is 5.56 Å². The summed E-state index contributed by atoms with van der Waals surface area (Å²) < 4.78 is 4.23. The van der Waals surface area contributed by atoms with Gasteiger partial charge in [0.2, 0.25) is 0 Å². The number of para-hydroxylation sites is 1. The normalized spacial score (nSPS) is 14.3. The van der Waals surface area contributed by atoms with Crippen molar-refractivity contribution in [1.82, 2.24) is 18.9 Å². The van der Waals surface area contributed by atoms with Crippen LogP contribution < -0.4 is 5.56 Å². The molecule has 0 unspecified atom stereocenters. The van der Waals surface area contributed by atoms with Gasteiger partial charge in [-0.2, -0.15) is 0 Å². The summed E-state index contributed by atoms with van der Waals surface area (Å²) in [4.78, 5) is 20.6. The average Bonchev–Trinajstić information content (AvgIpc) is 3.02. The third-order valence-corrected chi connectivity index (χ3v) is 7.67. The van der Waals surface area contributed by atoms with Gasteiger partial charge >= 0.3 is 0 Å². The Morgan fingerprint density at radius 1 is 0.944 bits per heavy atom. The zero-order chi connectivity index (χ0) is 24.6. The van der Waals surface area contributed by atoms with Gasteiger partial charge < -0.3 is 4.57 Å². The second kappa shape index (κ2) is 9.40. The van der Waals surface area contributed by atoms with Gasteiger partial charge in [-0.1, -0.05) is 54.6 Å². The Morgan fingerprint density at radius 3 is 2.61 bits per heavy atom. The molecule has 182 valence electrons. The minimum Gasteiger partial charge on any atom is -0.340 e. The first-order valence-electron chi connectivity index (χ1n) is 12.9. The smallest absolute Gasteiger partial charge is 0.261 e. The van der Waals surface area contributed by atoms with Crippen molar-refractivity contribution in [3.63, 3.8) is 0 Å². The first kappa shape index (κ1) is 22.7. The van der Waals surface area contributed by atoms with E-state index in [9.17, 15) is 4.79 Å². The lowest BCUT2D eigenvalue weighted by Crippen LogP contribution is -2.29. The Bertz CT molecular complexity index is 1610. The number of benzene rings is 2. The summed E-state index contributed by atoms with van der Waals surface area (Å²) in [5.74, 6) is 0. The van der Waals surface area contributed by atoms with Crippen LogP contribution in [-0.4, -0.2) is 31.9 Å². The van der Waals surface area contributed by atoms with E-state index >= 15 is 0 Å². The van der Waals surface area contributed by atoms with Crippen molar-refractivity contribution in [2.75, 3.05) is 13.1 Å². The van der Waals surface area contributed by atoms with Gasteiger partial charge in [-0.3, -0.25) is 14.1 Å². The van der Waals surface area contributed by atoms with Crippen molar-refractivity contribution >= 4 is 16.6 Å². The van der Waals surface area contributed by atoms with Crippen molar-refractivity contribution in [2.45, 2.75) is 46.2 Å². The highest BCUT2D eigenvalue weighted by atomic mass is 16.1. The molecular weight excluding hydrogens is 444 g/mol. The van der Waals surface area contributed by atoms with Crippen LogP contribution in [0.1, 0.15) is 40.1 Å². The molecule has 0 atom stereocenters. The number of hydrogen-bond donors (Lipinski definition) is 0. The van der Waals surface area contributed by atoms with Crippen LogP contribution in [0.15, 0.2) is 77.7 Å². The van der Waals surface area contributed by atoms with Gasteiger partial charge in [-0.25, -0.2) is 4.98 Å². The molecular formula is C31H32N4O. The molecule has 5 aromatic rings. The van der Waals surface area contributed by atoms with Gasteiger partial charge in [0.15, 0.2) is 0 Å². The minimum absolute atomic E-state index is 0.0659. The molecule has 0 bridgehead atoms. The fourth-order valence-electron chi connectivity index (χ4n) is 5.80. The van der Waals surface area contributed by atoms with Crippen LogP contribution in [0.3, 0.4) is 0 Å². The molecule has 1 aliphatic heterocycles. The second-order valence-electron chi connectivity index (χ2n) is 10.0. The van der Waals surface area contributed by atoms with Crippen LogP contribution in [0.25, 0.3) is 16.6 Å². The van der Waals surface area contributed by atoms with Gasteiger partial charge in [0.05, 0.1) is 0 Å². The third kappa shape index (κ3) is 4.03. The van der Waals surface area contributed by atoms with Crippen LogP contribution in [0.2, 0.25) is 0 Å². The van der Waals surface area contributed by atoms with Crippen molar-refractivity contribution < 1.29 is 0 Å². The highest BCUT2D eigenvalue weighted by molar-refractivity contribution is 5.85. The highest BCUT2D eigenvalue weighted by Crippen LogP contribution is 2.31. The molecule has 0 aliphatic carbocycles. The predicted octanol–water partition coefficient (Wildman–Crippen LogP) is 5.31. The fraction of sp³-hybridized carbons (Fsp3) is 0.290. The third-order valence-electron chi connectivity index (χ3n) is 7.67. The molecule has 0 amide bonds. The summed E-state index contributed by atoms with van der Waals surface area (Å²) in [6.07, 6.45) is 4.74. The van der Waals surface area contributed by atoms with Crippen LogP contribution in [0, 0.1) is 13.8 Å². The van der Waals surface area contributed by atoms with Gasteiger partial charge in [-0.15, -0.1) is 0 Å². The van der Waals surface area contributed by atoms with E-state index in [1.165, 1.54) is 27.7 Å². The van der Waals surface area contributed by atoms with Gasteiger partial charge in [0, 0.05) is 53.7 Å². The number of nitrogens with zero attached hydrogens (tertiary/aromatic N) is 4. The number of aryl methyl sites for hydroxylation is 2. The molecule has 4 heterocycles. The maximum absolute atomic E-state index is 13.3. The first-order chi connectivity index (χ1) is 17.6. The maximum atomic E-state index is 13.3. The monoisotopic (exact) mass is 476 g/mol. The number of hydrogen-bond acceptors (Lipinski definition) is 3. The Labute approximate surface area is 211 Å². The molecule has 0 saturated heterocycles. The lowest BCUT2D eigenvalue weighted by atomic mass is 10.1. The van der Waals surface area contributed by atoms with E-state index in [0.717, 1.165) is 61.5 Å². The van der Waals surface area contributed by atoms with E-state index in [2.05, 4.69) is 64.1 Å². The standard InChI is InChI=1S/C31H32N4O/c1-22-10-8-18-34-30(22)32-23(2)25(31(34)36)16-19-33-17-9-15-29-27(21-33)26-13-6-7-14-28(26)35(29)20-24-11-4-3-5-12-24/h3-8,10-14,18H,9,15-17,19-21H2,1-2H3. The SMILES string of the molecule is Cc1nc2c(C)cccn2c(=O)c1CCN1CCCc2c(c3ccccc3n2Cc2ccccc2)C1. The summed E-state index contributed by atoms with van der Waals surface area (Å²) in [6, 6.07) is 23.5. The molecule has 0 N–H and O–H groups in total. The predicted molar refractivity (Wildman–Crippen MR) is 146 cm³/mol. The number of fused-ring (bicyclic) bond motifs is 4. The molecule has 2 aromatic carbocycles. The molecule has 5 nitrogen and oxygen atoms in total. The first-order valence-corrected chi connectivity index (χ1v) is 12.9. The summed E-state index contributed by atoms with van der Waals surface area (Å²) >= 11 is 0. The van der Waals surface area contributed by atoms with Crippen molar-refractivity contribution in [3.05, 3.63) is 117 Å². The maximum Gasteiger partial charge on any atom is 0.261 e.